The van der Waals surface area contributed by atoms with Crippen molar-refractivity contribution in [2.75, 3.05) is 6.26 Å². The molecule has 0 aliphatic carbocycles. The molecular weight excluding hydrogens is 151 g/mol. The summed E-state index contributed by atoms with van der Waals surface area (Å²) in [6.45, 7) is 0. The minimum Gasteiger partial charge on any atom is -0.508 e. The number of hydrogen-bond donors (Lipinski definition) is 1. The van der Waals surface area contributed by atoms with Crippen molar-refractivity contribution in [1.82, 2.24) is 0 Å². The predicted molar refractivity (Wildman–Crippen MR) is 39.8 cm³/mol. The molecule has 0 saturated carbocycles. The van der Waals surface area contributed by atoms with E-state index in [-0.39, 0.29) is 11.6 Å². The second kappa shape index (κ2) is 2.92. The first kappa shape index (κ1) is 7.41. The Balaban J connectivity index is 3.09. The summed E-state index contributed by atoms with van der Waals surface area (Å²) in [7, 11) is 0. The molecule has 1 aromatic rings. The lowest BCUT2D eigenvalue weighted by molar-refractivity contribution is 0.469. The third kappa shape index (κ3) is 1.42. The van der Waals surface area contributed by atoms with Crippen molar-refractivity contribution in [3.63, 3.8) is 0 Å². The molecule has 1 rings (SSSR count). The Labute approximate surface area is 62.9 Å². The highest BCUT2D eigenvalue weighted by Gasteiger charge is 1.99. The molecule has 0 aliphatic rings. The molecule has 1 N–H and O–H groups in total. The van der Waals surface area contributed by atoms with Crippen molar-refractivity contribution in [3.8, 4) is 5.75 Å². The molecule has 0 radical (unpaired) electrons. The van der Waals surface area contributed by atoms with Crippen LogP contribution in [0.1, 0.15) is 0 Å². The largest absolute Gasteiger partial charge is 0.508 e. The summed E-state index contributed by atoms with van der Waals surface area (Å²) in [4.78, 5) is 0.472. The lowest BCUT2D eigenvalue weighted by Crippen LogP contribution is -1.77. The van der Waals surface area contributed by atoms with E-state index in [4.69, 9.17) is 5.11 Å². The van der Waals surface area contributed by atoms with Crippen LogP contribution in [0.25, 0.3) is 0 Å². The molecule has 0 fully saturated rings. The Hall–Kier alpha value is -0.700. The van der Waals surface area contributed by atoms with Gasteiger partial charge < -0.3 is 5.11 Å². The van der Waals surface area contributed by atoms with Crippen molar-refractivity contribution >= 4 is 11.8 Å². The van der Waals surface area contributed by atoms with E-state index in [0.29, 0.717) is 4.90 Å². The van der Waals surface area contributed by atoms with Crippen LogP contribution < -0.4 is 0 Å². The lowest BCUT2D eigenvalue weighted by Gasteiger charge is -1.97. The van der Waals surface area contributed by atoms with Gasteiger partial charge in [0.05, 0.1) is 0 Å². The quantitative estimate of drug-likeness (QED) is 0.632. The zero-order chi connectivity index (χ0) is 7.56. The predicted octanol–water partition coefficient (Wildman–Crippen LogP) is 2.25. The molecule has 0 spiro atoms. The monoisotopic (exact) mass is 158 g/mol. The summed E-state index contributed by atoms with van der Waals surface area (Å²) < 4.78 is 12.6. The topological polar surface area (TPSA) is 20.2 Å². The zero-order valence-electron chi connectivity index (χ0n) is 5.47. The van der Waals surface area contributed by atoms with Crippen LogP contribution in [0.4, 0.5) is 4.39 Å². The second-order valence-corrected chi connectivity index (χ2v) is 2.67. The van der Waals surface area contributed by atoms with Gasteiger partial charge in [0.25, 0.3) is 0 Å². The van der Waals surface area contributed by atoms with Crippen molar-refractivity contribution in [2.24, 2.45) is 0 Å². The van der Waals surface area contributed by atoms with Crippen molar-refractivity contribution in [1.29, 1.82) is 0 Å². The fourth-order valence-corrected chi connectivity index (χ4v) is 1.15. The van der Waals surface area contributed by atoms with Crippen LogP contribution in [-0.4, -0.2) is 11.4 Å². The van der Waals surface area contributed by atoms with Crippen LogP contribution in [0.3, 0.4) is 0 Å². The van der Waals surface area contributed by atoms with Gasteiger partial charge in [-0.25, -0.2) is 4.39 Å². The first-order chi connectivity index (χ1) is 4.74. The molecule has 0 aliphatic heterocycles. The van der Waals surface area contributed by atoms with Crippen LogP contribution in [-0.2, 0) is 0 Å². The number of hydrogen-bond acceptors (Lipinski definition) is 2. The van der Waals surface area contributed by atoms with E-state index in [9.17, 15) is 4.39 Å². The van der Waals surface area contributed by atoms with Gasteiger partial charge in [0.1, 0.15) is 11.6 Å². The first-order valence-corrected chi connectivity index (χ1v) is 3.99. The maximum atomic E-state index is 12.6. The molecule has 54 valence electrons. The van der Waals surface area contributed by atoms with Gasteiger partial charge in [-0.2, -0.15) is 0 Å². The van der Waals surface area contributed by atoms with Crippen LogP contribution >= 0.6 is 11.8 Å². The molecule has 0 atom stereocenters. The van der Waals surface area contributed by atoms with E-state index in [1.165, 1.54) is 30.0 Å². The minimum absolute atomic E-state index is 0.103. The molecule has 0 saturated heterocycles. The normalized spacial score (nSPS) is 9.80. The SMILES string of the molecule is CSc1cc(O)ccc1F. The number of phenolic OH excluding ortho intramolecular Hbond substituents is 1. The molecule has 3 heteroatoms. The number of aromatic hydroxyl groups is 1. The minimum atomic E-state index is -0.287. The highest BCUT2D eigenvalue weighted by molar-refractivity contribution is 7.98. The van der Waals surface area contributed by atoms with E-state index < -0.39 is 0 Å². The molecule has 0 aromatic heterocycles. The highest BCUT2D eigenvalue weighted by atomic mass is 32.2. The third-order valence-electron chi connectivity index (χ3n) is 1.13. The Morgan fingerprint density at radius 2 is 2.20 bits per heavy atom. The van der Waals surface area contributed by atoms with E-state index in [1.807, 2.05) is 0 Å². The molecule has 0 bridgehead atoms. The number of benzene rings is 1. The Morgan fingerprint density at radius 3 is 2.70 bits per heavy atom. The third-order valence-corrected chi connectivity index (χ3v) is 1.89. The van der Waals surface area contributed by atoms with Gasteiger partial charge in [0.15, 0.2) is 0 Å². The number of phenols is 1. The fourth-order valence-electron chi connectivity index (χ4n) is 0.648. The van der Waals surface area contributed by atoms with Gasteiger partial charge in [0, 0.05) is 4.90 Å². The molecule has 1 nitrogen and oxygen atoms in total. The summed E-state index contributed by atoms with van der Waals surface area (Å²) in [5.74, 6) is -0.184. The molecule has 0 amide bonds. The van der Waals surface area contributed by atoms with Gasteiger partial charge in [-0.1, -0.05) is 0 Å². The second-order valence-electron chi connectivity index (χ2n) is 1.82. The lowest BCUT2D eigenvalue weighted by atomic mass is 10.3. The smallest absolute Gasteiger partial charge is 0.137 e. The number of rotatable bonds is 1. The average molecular weight is 158 g/mol. The van der Waals surface area contributed by atoms with E-state index in [2.05, 4.69) is 0 Å². The van der Waals surface area contributed by atoms with E-state index in [0.717, 1.165) is 0 Å². The number of thioether (sulfide) groups is 1. The summed E-state index contributed by atoms with van der Waals surface area (Å²) >= 11 is 1.27. The van der Waals surface area contributed by atoms with Crippen LogP contribution in [0, 0.1) is 5.82 Å². The van der Waals surface area contributed by atoms with Gasteiger partial charge >= 0.3 is 0 Å². The standard InChI is InChI=1S/C7H7FOS/c1-10-7-4-5(9)2-3-6(7)8/h2-4,9H,1H3. The Kier molecular flexibility index (Phi) is 2.17. The number of halogens is 1. The molecule has 1 aromatic carbocycles. The van der Waals surface area contributed by atoms with Crippen molar-refractivity contribution in [2.45, 2.75) is 4.90 Å². The van der Waals surface area contributed by atoms with Crippen molar-refractivity contribution in [3.05, 3.63) is 24.0 Å². The maximum absolute atomic E-state index is 12.6. The Morgan fingerprint density at radius 1 is 1.50 bits per heavy atom. The maximum Gasteiger partial charge on any atom is 0.137 e. The fraction of sp³-hybridized carbons (Fsp3) is 0.143. The summed E-state index contributed by atoms with van der Waals surface area (Å²) in [6, 6.07) is 3.98. The molecular formula is C7H7FOS. The van der Waals surface area contributed by atoms with Gasteiger partial charge in [0.2, 0.25) is 0 Å². The zero-order valence-corrected chi connectivity index (χ0v) is 6.28. The van der Waals surface area contributed by atoms with Crippen LogP contribution in [0.15, 0.2) is 23.1 Å². The van der Waals surface area contributed by atoms with Gasteiger partial charge in [-0.15, -0.1) is 11.8 Å². The van der Waals surface area contributed by atoms with Crippen LogP contribution in [0.2, 0.25) is 0 Å². The molecule has 0 heterocycles. The summed E-state index contributed by atoms with van der Waals surface area (Å²) in [5.41, 5.74) is 0. The Bertz CT molecular complexity index is 237. The summed E-state index contributed by atoms with van der Waals surface area (Å²) in [5, 5.41) is 8.89. The van der Waals surface area contributed by atoms with E-state index in [1.54, 1.807) is 6.26 Å². The molecule has 0 unspecified atom stereocenters. The van der Waals surface area contributed by atoms with E-state index >= 15 is 0 Å². The highest BCUT2D eigenvalue weighted by Crippen LogP contribution is 2.22. The van der Waals surface area contributed by atoms with Crippen LogP contribution in [0.5, 0.6) is 5.75 Å². The molecule has 10 heavy (non-hydrogen) atoms. The summed E-state index contributed by atoms with van der Waals surface area (Å²) in [6.07, 6.45) is 1.76. The van der Waals surface area contributed by atoms with Crippen molar-refractivity contribution < 1.29 is 9.50 Å². The van der Waals surface area contributed by atoms with Gasteiger partial charge in [-0.05, 0) is 24.5 Å². The average Bonchev–Trinajstić information content (AvgIpc) is 1.94. The first-order valence-electron chi connectivity index (χ1n) is 2.76. The van der Waals surface area contributed by atoms with Gasteiger partial charge in [-0.3, -0.25) is 0 Å².